The Balaban J connectivity index is 2.45. The molecule has 0 bridgehead atoms. The van der Waals surface area contributed by atoms with Crippen molar-refractivity contribution in [1.82, 2.24) is 4.57 Å². The maximum Gasteiger partial charge on any atom is 0.434 e. The predicted molar refractivity (Wildman–Crippen MR) is 79.5 cm³/mol. The number of aryl methyl sites for hydroxylation is 2. The van der Waals surface area contributed by atoms with Crippen molar-refractivity contribution in [2.45, 2.75) is 52.3 Å². The summed E-state index contributed by atoms with van der Waals surface area (Å²) >= 11 is 0. The molecule has 1 heterocycles. The van der Waals surface area contributed by atoms with Crippen LogP contribution in [0.4, 0.5) is 26.3 Å². The molecule has 0 aliphatic heterocycles. The molecule has 0 fully saturated rings. The van der Waals surface area contributed by atoms with E-state index in [0.29, 0.717) is 24.1 Å². The number of imidazole rings is 1. The molecule has 26 heavy (non-hydrogen) atoms. The van der Waals surface area contributed by atoms with E-state index in [1.165, 1.54) is 12.1 Å². The van der Waals surface area contributed by atoms with Crippen molar-refractivity contribution in [2.75, 3.05) is 0 Å². The summed E-state index contributed by atoms with van der Waals surface area (Å²) in [4.78, 5) is 11.9. The zero-order valence-electron chi connectivity index (χ0n) is 14.2. The first kappa shape index (κ1) is 20.1. The van der Waals surface area contributed by atoms with Crippen LogP contribution in [0.15, 0.2) is 18.2 Å². The molecule has 0 amide bonds. The average Bonchev–Trinajstić information content (AvgIpc) is 2.79. The summed E-state index contributed by atoms with van der Waals surface area (Å²) in [6.07, 6.45) is -15.7. The zero-order chi connectivity index (χ0) is 19.9. The summed E-state index contributed by atoms with van der Waals surface area (Å²) in [5, 5.41) is 0. The summed E-state index contributed by atoms with van der Waals surface area (Å²) in [5.41, 5.74) is 0.856. The molecule has 0 radical (unpaired) electrons. The third-order valence-corrected chi connectivity index (χ3v) is 4.03. The van der Waals surface area contributed by atoms with E-state index in [0.717, 1.165) is 11.9 Å². The maximum atomic E-state index is 12.6. The Labute approximate surface area is 145 Å². The van der Waals surface area contributed by atoms with Gasteiger partial charge in [-0.25, -0.2) is 13.9 Å². The molecule has 0 spiro atoms. The largest absolute Gasteiger partial charge is 0.439 e. The lowest BCUT2D eigenvalue weighted by molar-refractivity contribution is -0.674. The molecule has 0 atom stereocenters. The second kappa shape index (κ2) is 6.81. The van der Waals surface area contributed by atoms with Gasteiger partial charge in [-0.1, -0.05) is 0 Å². The fourth-order valence-electron chi connectivity index (χ4n) is 2.88. The minimum atomic E-state index is -5.75. The maximum absolute atomic E-state index is 12.6. The van der Waals surface area contributed by atoms with Crippen molar-refractivity contribution in [3.63, 3.8) is 0 Å². The Morgan fingerprint density at radius 2 is 1.73 bits per heavy atom. The van der Waals surface area contributed by atoms with Crippen molar-refractivity contribution in [3.8, 4) is 0 Å². The first-order valence-electron chi connectivity index (χ1n) is 7.78. The summed E-state index contributed by atoms with van der Waals surface area (Å²) in [6, 6.07) is 3.87. The van der Waals surface area contributed by atoms with Gasteiger partial charge >= 0.3 is 18.3 Å². The van der Waals surface area contributed by atoms with Gasteiger partial charge in [0.1, 0.15) is 0 Å². The highest BCUT2D eigenvalue weighted by atomic mass is 19.4. The number of hydrogen-bond donors (Lipinski definition) is 0. The van der Waals surface area contributed by atoms with Gasteiger partial charge in [0.25, 0.3) is 11.9 Å². The van der Waals surface area contributed by atoms with Crippen LogP contribution in [-0.2, 0) is 17.8 Å². The number of carbonyl (C=O) groups is 1. The smallest absolute Gasteiger partial charge is 0.434 e. The van der Waals surface area contributed by atoms with E-state index >= 15 is 0 Å². The van der Waals surface area contributed by atoms with Crippen LogP contribution in [0.5, 0.6) is 0 Å². The van der Waals surface area contributed by atoms with Crippen LogP contribution in [0, 0.1) is 6.92 Å². The second-order valence-electron chi connectivity index (χ2n) is 5.61. The molecular formula is C16H17F6N2O2+. The Kier molecular flexibility index (Phi) is 5.25. The molecule has 0 aliphatic carbocycles. The summed E-state index contributed by atoms with van der Waals surface area (Å²) in [5.74, 6) is -0.838. The number of halogens is 6. The van der Waals surface area contributed by atoms with Crippen LogP contribution < -0.4 is 4.57 Å². The Bertz CT molecular complexity index is 809. The zero-order valence-corrected chi connectivity index (χ0v) is 14.2. The molecule has 10 heteroatoms. The topological polar surface area (TPSA) is 35.1 Å². The van der Waals surface area contributed by atoms with E-state index in [2.05, 4.69) is 4.74 Å². The fraction of sp³-hybridized carbons (Fsp3) is 0.500. The molecule has 2 aromatic rings. The van der Waals surface area contributed by atoms with Crippen molar-refractivity contribution >= 4 is 17.0 Å². The van der Waals surface area contributed by atoms with E-state index < -0.39 is 24.4 Å². The average molecular weight is 383 g/mol. The molecule has 0 saturated carbocycles. The van der Waals surface area contributed by atoms with Gasteiger partial charge in [0.05, 0.1) is 18.7 Å². The number of carbonyl (C=O) groups excluding carboxylic acids is 1. The molecular weight excluding hydrogens is 366 g/mol. The van der Waals surface area contributed by atoms with Gasteiger partial charge in [0.15, 0.2) is 11.0 Å². The number of alkyl halides is 6. The summed E-state index contributed by atoms with van der Waals surface area (Å²) in [6.45, 7) is 6.69. The number of ether oxygens (including phenoxy) is 1. The first-order chi connectivity index (χ1) is 11.9. The lowest BCUT2D eigenvalue weighted by Crippen LogP contribution is -2.45. The molecule has 4 nitrogen and oxygen atoms in total. The fourth-order valence-corrected chi connectivity index (χ4v) is 2.88. The van der Waals surface area contributed by atoms with Crippen LogP contribution in [0.25, 0.3) is 11.0 Å². The molecule has 144 valence electrons. The number of aromatic nitrogens is 2. The van der Waals surface area contributed by atoms with Gasteiger partial charge in [0.2, 0.25) is 0 Å². The second-order valence-corrected chi connectivity index (χ2v) is 5.61. The normalized spacial score (nSPS) is 12.8. The van der Waals surface area contributed by atoms with Crippen molar-refractivity contribution in [1.29, 1.82) is 0 Å². The molecule has 1 aromatic heterocycles. The van der Waals surface area contributed by atoms with E-state index in [1.807, 2.05) is 25.3 Å². The standard InChI is InChI=1S/C16H17F6N2O2/c1-4-23-9(3)24(5-2)12-8-10(6-7-11(12)23)13(25)26-14(15(17,18)19)16(20,21)22/h6-8,14H,4-5H2,1-3H3/q+1. The SMILES string of the molecule is CCn1c(C)[n+](CC)c2ccc(C(=O)OC(C(F)(F)F)C(F)(F)F)cc21. The van der Waals surface area contributed by atoms with Crippen LogP contribution in [0.2, 0.25) is 0 Å². The molecule has 2 rings (SSSR count). The number of rotatable bonds is 4. The monoisotopic (exact) mass is 383 g/mol. The lowest BCUT2D eigenvalue weighted by Gasteiger charge is -2.22. The summed E-state index contributed by atoms with van der Waals surface area (Å²) < 4.78 is 82.8. The number of hydrogen-bond acceptors (Lipinski definition) is 2. The highest BCUT2D eigenvalue weighted by Crippen LogP contribution is 2.36. The quantitative estimate of drug-likeness (QED) is 0.456. The number of nitrogens with zero attached hydrogens (tertiary/aromatic N) is 2. The third kappa shape index (κ3) is 3.63. The molecule has 0 saturated heterocycles. The number of esters is 1. The van der Waals surface area contributed by atoms with Crippen LogP contribution >= 0.6 is 0 Å². The van der Waals surface area contributed by atoms with E-state index in [-0.39, 0.29) is 5.56 Å². The van der Waals surface area contributed by atoms with Gasteiger partial charge in [-0.2, -0.15) is 26.3 Å². The van der Waals surface area contributed by atoms with Crippen molar-refractivity contribution < 1.29 is 40.4 Å². The molecule has 0 N–H and O–H groups in total. The highest BCUT2D eigenvalue weighted by molar-refractivity contribution is 5.93. The van der Waals surface area contributed by atoms with Gasteiger partial charge in [-0.3, -0.25) is 0 Å². The van der Waals surface area contributed by atoms with E-state index in [4.69, 9.17) is 0 Å². The van der Waals surface area contributed by atoms with Gasteiger partial charge in [0, 0.05) is 13.0 Å². The minimum absolute atomic E-state index is 0.383. The number of fused-ring (bicyclic) bond motifs is 1. The van der Waals surface area contributed by atoms with Gasteiger partial charge < -0.3 is 4.74 Å². The number of benzene rings is 1. The van der Waals surface area contributed by atoms with Crippen LogP contribution in [0.1, 0.15) is 30.0 Å². The minimum Gasteiger partial charge on any atom is -0.439 e. The van der Waals surface area contributed by atoms with Crippen molar-refractivity contribution in [3.05, 3.63) is 29.6 Å². The van der Waals surface area contributed by atoms with Crippen LogP contribution in [-0.4, -0.2) is 29.0 Å². The van der Waals surface area contributed by atoms with Gasteiger partial charge in [-0.05, 0) is 26.0 Å². The molecule has 1 aromatic carbocycles. The van der Waals surface area contributed by atoms with Crippen LogP contribution in [0.3, 0.4) is 0 Å². The summed E-state index contributed by atoms with van der Waals surface area (Å²) in [7, 11) is 0. The molecule has 0 unspecified atom stereocenters. The Morgan fingerprint density at radius 3 is 2.19 bits per heavy atom. The third-order valence-electron chi connectivity index (χ3n) is 4.03. The van der Waals surface area contributed by atoms with Gasteiger partial charge in [-0.15, -0.1) is 0 Å². The lowest BCUT2D eigenvalue weighted by atomic mass is 10.2. The molecule has 0 aliphatic rings. The first-order valence-corrected chi connectivity index (χ1v) is 7.78. The predicted octanol–water partition coefficient (Wildman–Crippen LogP) is 3.93. The Hall–Kier alpha value is -2.26. The van der Waals surface area contributed by atoms with E-state index in [1.54, 1.807) is 4.57 Å². The Morgan fingerprint density at radius 1 is 1.15 bits per heavy atom. The van der Waals surface area contributed by atoms with Crippen molar-refractivity contribution in [2.24, 2.45) is 0 Å². The highest BCUT2D eigenvalue weighted by Gasteiger charge is 2.60. The van der Waals surface area contributed by atoms with E-state index in [9.17, 15) is 31.1 Å².